The van der Waals surface area contributed by atoms with Crippen LogP contribution in [0.1, 0.15) is 211 Å². The molecule has 3 aromatic rings. The average molecular weight is 903 g/mol. The lowest BCUT2D eigenvalue weighted by Crippen LogP contribution is -2.27. The van der Waals surface area contributed by atoms with Gasteiger partial charge in [0.1, 0.15) is 23.0 Å². The zero-order valence-electron chi connectivity index (χ0n) is 42.2. The van der Waals surface area contributed by atoms with E-state index in [9.17, 15) is 5.11 Å². The van der Waals surface area contributed by atoms with E-state index in [2.05, 4.69) is 71.0 Å². The van der Waals surface area contributed by atoms with E-state index in [4.69, 9.17) is 28.4 Å². The monoisotopic (exact) mass is 903 g/mol. The van der Waals surface area contributed by atoms with Gasteiger partial charge in [-0.2, -0.15) is 0 Å². The first-order valence-electron chi connectivity index (χ1n) is 26.6. The molecule has 0 bridgehead atoms. The van der Waals surface area contributed by atoms with Crippen molar-refractivity contribution in [2.75, 3.05) is 33.0 Å². The molecule has 7 nitrogen and oxygen atoms in total. The second-order valence-electron chi connectivity index (χ2n) is 18.6. The molecule has 368 valence electrons. The van der Waals surface area contributed by atoms with Gasteiger partial charge in [0.15, 0.2) is 0 Å². The molecule has 0 saturated heterocycles. The van der Waals surface area contributed by atoms with Gasteiger partial charge >= 0.3 is 0 Å². The van der Waals surface area contributed by atoms with Crippen molar-refractivity contribution in [2.45, 2.75) is 221 Å². The lowest BCUT2D eigenvalue weighted by molar-refractivity contribution is -0.0245. The number of hydrogen-bond donors (Lipinski definition) is 1. The zero-order valence-corrected chi connectivity index (χ0v) is 42.2. The van der Waals surface area contributed by atoms with Crippen molar-refractivity contribution in [3.8, 4) is 23.0 Å². The standard InChI is InChI=1S/C58H94O7/c1-6-10-14-18-22-26-34-61-55-39-52(40-56(43-55)62-35-27-23-19-15-11-7-2)46-60-48-54(38-50-30-32-51(45-59)33-31-50)49(5)65-47-53-41-57(63-36-28-24-20-16-12-8-3)44-58(42-53)64-37-29-25-21-17-13-9-4/h30-33,39-44,49,54,59H,6-29,34-38,45-48H2,1-5H3/t49-,54+/m1/s1. The number of ether oxygens (including phenoxy) is 6. The van der Waals surface area contributed by atoms with Crippen molar-refractivity contribution >= 4 is 0 Å². The van der Waals surface area contributed by atoms with Crippen LogP contribution < -0.4 is 18.9 Å². The van der Waals surface area contributed by atoms with Gasteiger partial charge in [0.05, 0.1) is 59.0 Å². The van der Waals surface area contributed by atoms with E-state index in [0.29, 0.717) is 46.2 Å². The second-order valence-corrected chi connectivity index (χ2v) is 18.6. The summed E-state index contributed by atoms with van der Waals surface area (Å²) in [7, 11) is 0. The third-order valence-corrected chi connectivity index (χ3v) is 12.4. The molecule has 3 aromatic carbocycles. The predicted molar refractivity (Wildman–Crippen MR) is 272 cm³/mol. The highest BCUT2D eigenvalue weighted by molar-refractivity contribution is 5.39. The van der Waals surface area contributed by atoms with Crippen molar-refractivity contribution in [1.82, 2.24) is 0 Å². The van der Waals surface area contributed by atoms with Crippen molar-refractivity contribution in [2.24, 2.45) is 5.92 Å². The maximum absolute atomic E-state index is 9.70. The quantitative estimate of drug-likeness (QED) is 0.0567. The van der Waals surface area contributed by atoms with Crippen molar-refractivity contribution in [3.05, 3.63) is 82.9 Å². The highest BCUT2D eigenvalue weighted by Gasteiger charge is 2.20. The van der Waals surface area contributed by atoms with Gasteiger partial charge in [-0.3, -0.25) is 0 Å². The lowest BCUT2D eigenvalue weighted by atomic mass is 9.94. The maximum Gasteiger partial charge on any atom is 0.123 e. The van der Waals surface area contributed by atoms with Crippen molar-refractivity contribution in [3.63, 3.8) is 0 Å². The molecule has 0 aliphatic heterocycles. The Morgan fingerprint density at radius 3 is 1.11 bits per heavy atom. The maximum atomic E-state index is 9.70. The summed E-state index contributed by atoms with van der Waals surface area (Å²) in [6.45, 7) is 15.5. The van der Waals surface area contributed by atoms with Crippen molar-refractivity contribution < 1.29 is 33.5 Å². The molecule has 0 heterocycles. The van der Waals surface area contributed by atoms with Gasteiger partial charge in [0.25, 0.3) is 0 Å². The number of hydrogen-bond acceptors (Lipinski definition) is 7. The van der Waals surface area contributed by atoms with Crippen LogP contribution in [0.4, 0.5) is 0 Å². The summed E-state index contributed by atoms with van der Waals surface area (Å²) in [4.78, 5) is 0. The zero-order chi connectivity index (χ0) is 46.4. The van der Waals surface area contributed by atoms with Gasteiger partial charge < -0.3 is 33.5 Å². The first kappa shape index (κ1) is 56.1. The van der Waals surface area contributed by atoms with Crippen LogP contribution >= 0.6 is 0 Å². The molecule has 0 radical (unpaired) electrons. The number of aliphatic hydroxyl groups is 1. The summed E-state index contributed by atoms with van der Waals surface area (Å²) >= 11 is 0. The third kappa shape index (κ3) is 27.2. The Morgan fingerprint density at radius 1 is 0.400 bits per heavy atom. The van der Waals surface area contributed by atoms with Crippen LogP contribution in [0.2, 0.25) is 0 Å². The Labute approximate surface area is 398 Å². The Kier molecular flexibility index (Phi) is 32.6. The summed E-state index contributed by atoms with van der Waals surface area (Å²) in [6, 6.07) is 20.8. The molecule has 7 heteroatoms. The molecule has 0 fully saturated rings. The van der Waals surface area contributed by atoms with Gasteiger partial charge in [-0.05, 0) is 85.5 Å². The van der Waals surface area contributed by atoms with Gasteiger partial charge in [-0.1, -0.05) is 180 Å². The minimum absolute atomic E-state index is 0.0329. The SMILES string of the molecule is CCCCCCCCOc1cc(COC[C@H](Cc2ccc(CO)cc2)[C@@H](C)OCc2cc(OCCCCCCCC)cc(OCCCCCCCC)c2)cc(OCCCCCCCC)c1. The molecule has 65 heavy (non-hydrogen) atoms. The molecular formula is C58H94O7. The number of benzene rings is 3. The molecular weight excluding hydrogens is 809 g/mol. The van der Waals surface area contributed by atoms with Gasteiger partial charge in [0.2, 0.25) is 0 Å². The van der Waals surface area contributed by atoms with Crippen LogP contribution in [0.15, 0.2) is 60.7 Å². The Hall–Kier alpha value is -3.26. The largest absolute Gasteiger partial charge is 0.493 e. The van der Waals surface area contributed by atoms with Crippen LogP contribution in [-0.4, -0.2) is 44.2 Å². The minimum Gasteiger partial charge on any atom is -0.493 e. The Balaban J connectivity index is 1.70. The van der Waals surface area contributed by atoms with E-state index in [1.807, 2.05) is 24.3 Å². The number of rotatable bonds is 43. The smallest absolute Gasteiger partial charge is 0.123 e. The fourth-order valence-corrected chi connectivity index (χ4v) is 8.19. The number of aliphatic hydroxyl groups excluding tert-OH is 1. The summed E-state index contributed by atoms with van der Waals surface area (Å²) < 4.78 is 38.6. The fourth-order valence-electron chi connectivity index (χ4n) is 8.19. The fraction of sp³-hybridized carbons (Fsp3) is 0.690. The molecule has 0 unspecified atom stereocenters. The van der Waals surface area contributed by atoms with Gasteiger partial charge in [-0.25, -0.2) is 0 Å². The Morgan fingerprint density at radius 2 is 0.738 bits per heavy atom. The normalized spacial score (nSPS) is 12.3. The highest BCUT2D eigenvalue weighted by atomic mass is 16.5. The van der Waals surface area contributed by atoms with Gasteiger partial charge in [0, 0.05) is 18.1 Å². The highest BCUT2D eigenvalue weighted by Crippen LogP contribution is 2.28. The molecule has 1 N–H and O–H groups in total. The molecule has 0 saturated carbocycles. The van der Waals surface area contributed by atoms with Crippen LogP contribution in [0, 0.1) is 5.92 Å². The van der Waals surface area contributed by atoms with Crippen LogP contribution in [0.25, 0.3) is 0 Å². The molecule has 0 spiro atoms. The number of unbranched alkanes of at least 4 members (excludes halogenated alkanes) is 20. The van der Waals surface area contributed by atoms with E-state index in [-0.39, 0.29) is 18.6 Å². The summed E-state index contributed by atoms with van der Waals surface area (Å²) in [5.41, 5.74) is 4.20. The van der Waals surface area contributed by atoms with Crippen molar-refractivity contribution in [1.29, 1.82) is 0 Å². The van der Waals surface area contributed by atoms with Crippen LogP contribution in [0.3, 0.4) is 0 Å². The first-order valence-corrected chi connectivity index (χ1v) is 26.6. The van der Waals surface area contributed by atoms with Gasteiger partial charge in [-0.15, -0.1) is 0 Å². The molecule has 0 aromatic heterocycles. The molecule has 0 aliphatic carbocycles. The summed E-state index contributed by atoms with van der Waals surface area (Å²) in [5.74, 6) is 3.48. The predicted octanol–water partition coefficient (Wildman–Crippen LogP) is 16.1. The van der Waals surface area contributed by atoms with E-state index in [0.717, 1.165) is 71.8 Å². The van der Waals surface area contributed by atoms with Crippen LogP contribution in [-0.2, 0) is 35.7 Å². The van der Waals surface area contributed by atoms with E-state index >= 15 is 0 Å². The topological polar surface area (TPSA) is 75.6 Å². The Bertz CT molecular complexity index is 1490. The minimum atomic E-state index is -0.101. The van der Waals surface area contributed by atoms with Crippen LogP contribution in [0.5, 0.6) is 23.0 Å². The molecule has 2 atom stereocenters. The molecule has 0 aliphatic rings. The third-order valence-electron chi connectivity index (χ3n) is 12.4. The second kappa shape index (κ2) is 37.8. The molecule has 3 rings (SSSR count). The summed E-state index contributed by atoms with van der Waals surface area (Å²) in [6.07, 6.45) is 30.2. The molecule has 0 amide bonds. The van der Waals surface area contributed by atoms with E-state index < -0.39 is 0 Å². The lowest BCUT2D eigenvalue weighted by Gasteiger charge is -2.25. The van der Waals surface area contributed by atoms with E-state index in [1.54, 1.807) is 0 Å². The first-order chi connectivity index (χ1) is 32.0. The average Bonchev–Trinajstić information content (AvgIpc) is 3.32. The van der Waals surface area contributed by atoms with E-state index in [1.165, 1.54) is 134 Å². The summed E-state index contributed by atoms with van der Waals surface area (Å²) in [5, 5.41) is 9.70.